The molecule has 0 radical (unpaired) electrons. The van der Waals surface area contributed by atoms with Crippen LogP contribution in [-0.2, 0) is 4.74 Å². The molecule has 2 rings (SSSR count). The van der Waals surface area contributed by atoms with Crippen LogP contribution in [0.25, 0.3) is 0 Å². The van der Waals surface area contributed by atoms with Gasteiger partial charge in [-0.3, -0.25) is 4.90 Å². The standard InChI is InChI=1S/C13H27N3O/c1-14-11-13-3-6-16(12-13)5-2-4-15-7-9-17-10-8-15/h13-14H,2-12H2,1H3. The Kier molecular flexibility index (Phi) is 5.71. The largest absolute Gasteiger partial charge is 0.379 e. The summed E-state index contributed by atoms with van der Waals surface area (Å²) in [6.45, 7) is 10.4. The number of nitrogens with zero attached hydrogens (tertiary/aromatic N) is 2. The first-order chi connectivity index (χ1) is 8.38. The molecule has 0 amide bonds. The van der Waals surface area contributed by atoms with Gasteiger partial charge in [0.05, 0.1) is 13.2 Å². The second-order valence-corrected chi connectivity index (χ2v) is 5.32. The van der Waals surface area contributed by atoms with E-state index in [1.165, 1.54) is 45.6 Å². The summed E-state index contributed by atoms with van der Waals surface area (Å²) in [7, 11) is 2.06. The van der Waals surface area contributed by atoms with Crippen LogP contribution in [-0.4, -0.2) is 75.9 Å². The molecule has 2 fully saturated rings. The van der Waals surface area contributed by atoms with Gasteiger partial charge in [0.2, 0.25) is 0 Å². The van der Waals surface area contributed by atoms with Gasteiger partial charge in [0.1, 0.15) is 0 Å². The molecule has 0 aromatic rings. The van der Waals surface area contributed by atoms with Crippen LogP contribution in [0.3, 0.4) is 0 Å². The van der Waals surface area contributed by atoms with Crippen LogP contribution in [0.5, 0.6) is 0 Å². The number of likely N-dealkylation sites (tertiary alicyclic amines) is 1. The van der Waals surface area contributed by atoms with Crippen LogP contribution in [0, 0.1) is 5.92 Å². The maximum Gasteiger partial charge on any atom is 0.0594 e. The Labute approximate surface area is 105 Å². The molecule has 4 heteroatoms. The minimum atomic E-state index is 0.878. The van der Waals surface area contributed by atoms with E-state index in [-0.39, 0.29) is 0 Å². The van der Waals surface area contributed by atoms with Crippen molar-refractivity contribution in [3.8, 4) is 0 Å². The fourth-order valence-electron chi connectivity index (χ4n) is 2.91. The predicted molar refractivity (Wildman–Crippen MR) is 70.3 cm³/mol. The van der Waals surface area contributed by atoms with Crippen molar-refractivity contribution in [2.75, 3.05) is 66.1 Å². The van der Waals surface area contributed by atoms with E-state index in [1.807, 2.05) is 0 Å². The molecule has 2 saturated heterocycles. The molecule has 0 spiro atoms. The summed E-state index contributed by atoms with van der Waals surface area (Å²) < 4.78 is 5.36. The number of ether oxygens (including phenoxy) is 1. The highest BCUT2D eigenvalue weighted by Crippen LogP contribution is 2.15. The van der Waals surface area contributed by atoms with Crippen molar-refractivity contribution in [1.29, 1.82) is 0 Å². The molecule has 2 heterocycles. The lowest BCUT2D eigenvalue weighted by atomic mass is 10.1. The molecule has 4 nitrogen and oxygen atoms in total. The van der Waals surface area contributed by atoms with E-state index in [0.29, 0.717) is 0 Å². The lowest BCUT2D eigenvalue weighted by Gasteiger charge is -2.27. The summed E-state index contributed by atoms with van der Waals surface area (Å²) in [5, 5.41) is 3.29. The molecule has 0 bridgehead atoms. The van der Waals surface area contributed by atoms with Crippen molar-refractivity contribution in [3.63, 3.8) is 0 Å². The normalized spacial score (nSPS) is 27.7. The first-order valence-corrected chi connectivity index (χ1v) is 7.05. The molecule has 1 N–H and O–H groups in total. The van der Waals surface area contributed by atoms with Crippen LogP contribution in [0.4, 0.5) is 0 Å². The van der Waals surface area contributed by atoms with Crippen molar-refractivity contribution in [1.82, 2.24) is 15.1 Å². The van der Waals surface area contributed by atoms with Gasteiger partial charge >= 0.3 is 0 Å². The topological polar surface area (TPSA) is 27.7 Å². The van der Waals surface area contributed by atoms with Gasteiger partial charge in [-0.05, 0) is 52.0 Å². The SMILES string of the molecule is CNCC1CCN(CCCN2CCOCC2)C1. The summed E-state index contributed by atoms with van der Waals surface area (Å²) in [5.41, 5.74) is 0. The number of hydrogen-bond acceptors (Lipinski definition) is 4. The van der Waals surface area contributed by atoms with Gasteiger partial charge in [0.15, 0.2) is 0 Å². The molecule has 2 aliphatic rings. The zero-order chi connectivity index (χ0) is 11.9. The molecule has 1 atom stereocenters. The van der Waals surface area contributed by atoms with Crippen LogP contribution in [0.15, 0.2) is 0 Å². The molecule has 0 saturated carbocycles. The fourth-order valence-corrected chi connectivity index (χ4v) is 2.91. The van der Waals surface area contributed by atoms with Crippen LogP contribution in [0.1, 0.15) is 12.8 Å². The molecular formula is C13H27N3O. The molecular weight excluding hydrogens is 214 g/mol. The van der Waals surface area contributed by atoms with Crippen molar-refractivity contribution in [3.05, 3.63) is 0 Å². The summed E-state index contributed by atoms with van der Waals surface area (Å²) in [6, 6.07) is 0. The average Bonchev–Trinajstić information content (AvgIpc) is 2.79. The second kappa shape index (κ2) is 7.31. The Bertz CT molecular complexity index is 207. The third-order valence-corrected chi connectivity index (χ3v) is 3.92. The molecule has 0 aliphatic carbocycles. The molecule has 0 aromatic carbocycles. The molecule has 100 valence electrons. The Balaban J connectivity index is 1.53. The zero-order valence-corrected chi connectivity index (χ0v) is 11.2. The third kappa shape index (κ3) is 4.54. The van der Waals surface area contributed by atoms with E-state index in [2.05, 4.69) is 22.2 Å². The summed E-state index contributed by atoms with van der Waals surface area (Å²) >= 11 is 0. The zero-order valence-electron chi connectivity index (χ0n) is 11.2. The Morgan fingerprint density at radius 3 is 2.65 bits per heavy atom. The maximum atomic E-state index is 5.36. The average molecular weight is 241 g/mol. The Hall–Kier alpha value is -0.160. The second-order valence-electron chi connectivity index (χ2n) is 5.32. The van der Waals surface area contributed by atoms with Gasteiger partial charge in [-0.15, -0.1) is 0 Å². The minimum Gasteiger partial charge on any atom is -0.379 e. The predicted octanol–water partition coefficient (Wildman–Crippen LogP) is 0.250. The maximum absolute atomic E-state index is 5.36. The van der Waals surface area contributed by atoms with Gasteiger partial charge in [-0.2, -0.15) is 0 Å². The first-order valence-electron chi connectivity index (χ1n) is 7.05. The summed E-state index contributed by atoms with van der Waals surface area (Å²) in [6.07, 6.45) is 2.69. The molecule has 1 unspecified atom stereocenters. The van der Waals surface area contributed by atoms with E-state index in [4.69, 9.17) is 4.74 Å². The lowest BCUT2D eigenvalue weighted by Crippen LogP contribution is -2.38. The Morgan fingerprint density at radius 2 is 1.88 bits per heavy atom. The van der Waals surface area contributed by atoms with Crippen LogP contribution in [0.2, 0.25) is 0 Å². The van der Waals surface area contributed by atoms with Gasteiger partial charge < -0.3 is 15.0 Å². The van der Waals surface area contributed by atoms with Crippen molar-refractivity contribution in [2.45, 2.75) is 12.8 Å². The van der Waals surface area contributed by atoms with E-state index >= 15 is 0 Å². The summed E-state index contributed by atoms with van der Waals surface area (Å²) in [5.74, 6) is 0.878. The highest BCUT2D eigenvalue weighted by Gasteiger charge is 2.21. The van der Waals surface area contributed by atoms with Crippen LogP contribution >= 0.6 is 0 Å². The third-order valence-electron chi connectivity index (χ3n) is 3.92. The molecule has 17 heavy (non-hydrogen) atoms. The number of nitrogens with one attached hydrogen (secondary N) is 1. The smallest absolute Gasteiger partial charge is 0.0594 e. The van der Waals surface area contributed by atoms with E-state index in [1.54, 1.807) is 0 Å². The van der Waals surface area contributed by atoms with E-state index < -0.39 is 0 Å². The molecule has 2 aliphatic heterocycles. The Morgan fingerprint density at radius 1 is 1.12 bits per heavy atom. The number of morpholine rings is 1. The highest BCUT2D eigenvalue weighted by atomic mass is 16.5. The summed E-state index contributed by atoms with van der Waals surface area (Å²) in [4.78, 5) is 5.16. The van der Waals surface area contributed by atoms with Gasteiger partial charge in [-0.25, -0.2) is 0 Å². The first kappa shape index (κ1) is 13.3. The van der Waals surface area contributed by atoms with Gasteiger partial charge in [0, 0.05) is 19.6 Å². The van der Waals surface area contributed by atoms with Gasteiger partial charge in [0.25, 0.3) is 0 Å². The number of rotatable bonds is 6. The quantitative estimate of drug-likeness (QED) is 0.721. The van der Waals surface area contributed by atoms with Crippen molar-refractivity contribution >= 4 is 0 Å². The van der Waals surface area contributed by atoms with Gasteiger partial charge in [-0.1, -0.05) is 0 Å². The highest BCUT2D eigenvalue weighted by molar-refractivity contribution is 4.77. The van der Waals surface area contributed by atoms with Crippen molar-refractivity contribution < 1.29 is 4.74 Å². The van der Waals surface area contributed by atoms with E-state index in [0.717, 1.165) is 32.2 Å². The number of hydrogen-bond donors (Lipinski definition) is 1. The molecule has 0 aromatic heterocycles. The minimum absolute atomic E-state index is 0.878. The fraction of sp³-hybridized carbons (Fsp3) is 1.00. The van der Waals surface area contributed by atoms with Crippen molar-refractivity contribution in [2.24, 2.45) is 5.92 Å². The lowest BCUT2D eigenvalue weighted by molar-refractivity contribution is 0.0363. The monoisotopic (exact) mass is 241 g/mol. The van der Waals surface area contributed by atoms with Crippen LogP contribution < -0.4 is 5.32 Å². The van der Waals surface area contributed by atoms with E-state index in [9.17, 15) is 0 Å².